The van der Waals surface area contributed by atoms with E-state index in [0.717, 1.165) is 5.56 Å². The topological polar surface area (TPSA) is 162 Å². The number of carbonyl (C=O) groups excluding carboxylic acids is 2. The molecule has 2 amide bonds. The normalized spacial score (nSPS) is 11.7. The van der Waals surface area contributed by atoms with Gasteiger partial charge in [-0.15, -0.1) is 0 Å². The Morgan fingerprint density at radius 3 is 2.08 bits per heavy atom. The summed E-state index contributed by atoms with van der Waals surface area (Å²) in [7, 11) is 2.92. The van der Waals surface area contributed by atoms with E-state index in [9.17, 15) is 32.7 Å². The number of aromatic hydroxyl groups is 1. The lowest BCUT2D eigenvalue weighted by Crippen LogP contribution is -2.49. The lowest BCUT2D eigenvalue weighted by Gasteiger charge is -2.19. The van der Waals surface area contributed by atoms with Gasteiger partial charge in [-0.3, -0.25) is 14.4 Å². The van der Waals surface area contributed by atoms with Crippen LogP contribution in [0.4, 0.5) is 13.2 Å². The molecule has 0 unspecified atom stereocenters. The molecule has 10 nitrogen and oxygen atoms in total. The largest absolute Gasteiger partial charge is 0.508 e. The Morgan fingerprint density at radius 2 is 1.58 bits per heavy atom. The number of phenols is 1. The van der Waals surface area contributed by atoms with Gasteiger partial charge in [-0.25, -0.2) is 4.79 Å². The quantitative estimate of drug-likeness (QED) is 0.169. The van der Waals surface area contributed by atoms with Crippen LogP contribution < -0.4 is 10.6 Å². The summed E-state index contributed by atoms with van der Waals surface area (Å²) in [4.78, 5) is 44.0. The molecule has 0 aromatic heterocycles. The summed E-state index contributed by atoms with van der Waals surface area (Å²) in [6.07, 6.45) is -4.80. The van der Waals surface area contributed by atoms with Crippen molar-refractivity contribution in [1.29, 1.82) is 0 Å². The number of carboxylic acid groups (broad SMARTS) is 2. The molecule has 1 rings (SSSR count). The van der Waals surface area contributed by atoms with Gasteiger partial charge < -0.3 is 30.7 Å². The smallest absolute Gasteiger partial charge is 0.490 e. The Bertz CT molecular complexity index is 839. The molecular weight excluding hydrogens is 529 g/mol. The molecule has 0 bridgehead atoms. The standard InChI is InChI=1S/C19H28N2O6S2.C2HF3O2/c1-13(2)27-12-17(23)21-16(11-14-3-5-15(22)6-4-14)19(26)20-8-10-29-28-9-7-18(24)25;3-2(4,5)1(6)7/h3-6,13,16,22H,7-12H2,1-2H3,(H,20,26)(H,21,23)(H,24,25);(H,6,7)/t16-;/m0./s1. The van der Waals surface area contributed by atoms with Crippen LogP contribution in [0.1, 0.15) is 25.8 Å². The van der Waals surface area contributed by atoms with E-state index in [0.29, 0.717) is 18.1 Å². The van der Waals surface area contributed by atoms with Crippen LogP contribution in [0.25, 0.3) is 0 Å². The Balaban J connectivity index is 0.00000152. The van der Waals surface area contributed by atoms with E-state index in [1.807, 2.05) is 13.8 Å². The van der Waals surface area contributed by atoms with Crippen molar-refractivity contribution in [2.24, 2.45) is 0 Å². The number of carboxylic acids is 2. The minimum atomic E-state index is -5.08. The molecule has 0 radical (unpaired) electrons. The number of phenolic OH excluding ortho intramolecular Hbond substituents is 1. The summed E-state index contributed by atoms with van der Waals surface area (Å²) in [6, 6.07) is 5.67. The Hall–Kier alpha value is -2.65. The molecule has 1 aromatic rings. The van der Waals surface area contributed by atoms with Gasteiger partial charge >= 0.3 is 18.1 Å². The number of halogens is 3. The van der Waals surface area contributed by atoms with Crippen molar-refractivity contribution >= 4 is 45.3 Å². The van der Waals surface area contributed by atoms with Crippen LogP contribution in [0.2, 0.25) is 0 Å². The molecule has 0 aliphatic heterocycles. The van der Waals surface area contributed by atoms with Crippen molar-refractivity contribution in [2.75, 3.05) is 24.7 Å². The predicted octanol–water partition coefficient (Wildman–Crippen LogP) is 2.45. The van der Waals surface area contributed by atoms with Gasteiger partial charge in [0.25, 0.3) is 0 Å². The van der Waals surface area contributed by atoms with Crippen LogP contribution in [-0.2, 0) is 30.3 Å². The first-order chi connectivity index (χ1) is 16.7. The highest BCUT2D eigenvalue weighted by atomic mass is 33.1. The van der Waals surface area contributed by atoms with Gasteiger partial charge in [0.15, 0.2) is 0 Å². The van der Waals surface area contributed by atoms with Gasteiger partial charge in [0.1, 0.15) is 18.4 Å². The van der Waals surface area contributed by atoms with Crippen molar-refractivity contribution in [1.82, 2.24) is 10.6 Å². The third kappa shape index (κ3) is 17.7. The highest BCUT2D eigenvalue weighted by molar-refractivity contribution is 8.76. The average molecular weight is 559 g/mol. The molecule has 1 aromatic carbocycles. The number of ether oxygens (including phenoxy) is 1. The SMILES string of the molecule is CC(C)OCC(=O)N[C@@H](Cc1ccc(O)cc1)C(=O)NCCSSCCC(=O)O.O=C(O)C(F)(F)F. The molecule has 36 heavy (non-hydrogen) atoms. The van der Waals surface area contributed by atoms with E-state index < -0.39 is 24.2 Å². The maximum Gasteiger partial charge on any atom is 0.490 e. The fourth-order valence-electron chi connectivity index (χ4n) is 2.14. The highest BCUT2D eigenvalue weighted by Crippen LogP contribution is 2.21. The molecule has 0 aliphatic carbocycles. The van der Waals surface area contributed by atoms with Crippen molar-refractivity contribution in [3.8, 4) is 5.75 Å². The molecule has 204 valence electrons. The van der Waals surface area contributed by atoms with Crippen molar-refractivity contribution in [3.63, 3.8) is 0 Å². The monoisotopic (exact) mass is 558 g/mol. The second-order valence-corrected chi connectivity index (χ2v) is 9.93. The fraction of sp³-hybridized carbons (Fsp3) is 0.524. The maximum absolute atomic E-state index is 12.6. The number of hydrogen-bond acceptors (Lipinski definition) is 8. The lowest BCUT2D eigenvalue weighted by molar-refractivity contribution is -0.192. The van der Waals surface area contributed by atoms with Gasteiger partial charge in [0.05, 0.1) is 12.5 Å². The van der Waals surface area contributed by atoms with E-state index in [1.54, 1.807) is 12.1 Å². The van der Waals surface area contributed by atoms with E-state index >= 15 is 0 Å². The Labute approximate surface area is 213 Å². The van der Waals surface area contributed by atoms with Crippen molar-refractivity contribution in [3.05, 3.63) is 29.8 Å². The molecule has 0 spiro atoms. The molecule has 15 heteroatoms. The van der Waals surface area contributed by atoms with E-state index in [-0.39, 0.29) is 43.1 Å². The fourth-order valence-corrected chi connectivity index (χ4v) is 4.03. The number of benzene rings is 1. The molecule has 0 saturated carbocycles. The van der Waals surface area contributed by atoms with Gasteiger partial charge in [0.2, 0.25) is 11.8 Å². The number of aliphatic carboxylic acids is 2. The molecule has 5 N–H and O–H groups in total. The zero-order valence-corrected chi connectivity index (χ0v) is 21.2. The first kappa shape index (κ1) is 33.4. The zero-order chi connectivity index (χ0) is 27.7. The Kier molecular flexibility index (Phi) is 16.4. The van der Waals surface area contributed by atoms with Crippen LogP contribution in [0, 0.1) is 0 Å². The first-order valence-corrected chi connectivity index (χ1v) is 12.9. The zero-order valence-electron chi connectivity index (χ0n) is 19.5. The van der Waals surface area contributed by atoms with E-state index in [4.69, 9.17) is 19.7 Å². The van der Waals surface area contributed by atoms with Gasteiger partial charge in [-0.1, -0.05) is 33.7 Å². The van der Waals surface area contributed by atoms with Crippen molar-refractivity contribution in [2.45, 2.75) is 45.0 Å². The summed E-state index contributed by atoms with van der Waals surface area (Å²) in [5.74, 6) is -3.03. The third-order valence-electron chi connectivity index (χ3n) is 3.79. The molecule has 0 heterocycles. The maximum atomic E-state index is 12.6. The Morgan fingerprint density at radius 1 is 1.03 bits per heavy atom. The summed E-state index contributed by atoms with van der Waals surface area (Å²) < 4.78 is 37.0. The number of amides is 2. The summed E-state index contributed by atoms with van der Waals surface area (Å²) >= 11 is 0. The van der Waals surface area contributed by atoms with Crippen LogP contribution in [0.15, 0.2) is 24.3 Å². The second-order valence-electron chi connectivity index (χ2n) is 7.23. The number of hydrogen-bond donors (Lipinski definition) is 5. The van der Waals surface area contributed by atoms with Crippen LogP contribution in [0.5, 0.6) is 5.75 Å². The summed E-state index contributed by atoms with van der Waals surface area (Å²) in [5.41, 5.74) is 0.798. The lowest BCUT2D eigenvalue weighted by atomic mass is 10.0. The van der Waals surface area contributed by atoms with Crippen molar-refractivity contribution < 1.29 is 52.4 Å². The summed E-state index contributed by atoms with van der Waals surface area (Å²) in [6.45, 7) is 3.90. The molecule has 0 saturated heterocycles. The first-order valence-electron chi connectivity index (χ1n) is 10.4. The molecule has 0 fully saturated rings. The number of rotatable bonds is 14. The second kappa shape index (κ2) is 17.7. The minimum absolute atomic E-state index is 0.0965. The van der Waals surface area contributed by atoms with Crippen LogP contribution in [0.3, 0.4) is 0 Å². The average Bonchev–Trinajstić information content (AvgIpc) is 2.77. The highest BCUT2D eigenvalue weighted by Gasteiger charge is 2.38. The number of alkyl halides is 3. The van der Waals surface area contributed by atoms with E-state index in [2.05, 4.69) is 10.6 Å². The minimum Gasteiger partial charge on any atom is -0.508 e. The number of nitrogens with one attached hydrogen (secondary N) is 2. The van der Waals surface area contributed by atoms with Gasteiger partial charge in [0, 0.05) is 24.5 Å². The molecule has 0 aliphatic rings. The number of carbonyl (C=O) groups is 4. The molecular formula is C21H29F3N2O8S2. The van der Waals surface area contributed by atoms with E-state index in [1.165, 1.54) is 33.7 Å². The molecule has 1 atom stereocenters. The summed E-state index contributed by atoms with van der Waals surface area (Å²) in [5, 5.41) is 30.6. The predicted molar refractivity (Wildman–Crippen MR) is 129 cm³/mol. The third-order valence-corrected chi connectivity index (χ3v) is 6.19. The van der Waals surface area contributed by atoms with Crippen LogP contribution >= 0.6 is 21.6 Å². The van der Waals surface area contributed by atoms with Gasteiger partial charge in [-0.05, 0) is 31.5 Å². The van der Waals surface area contributed by atoms with Gasteiger partial charge in [-0.2, -0.15) is 13.2 Å². The van der Waals surface area contributed by atoms with Crippen LogP contribution in [-0.4, -0.2) is 82.1 Å².